The summed E-state index contributed by atoms with van der Waals surface area (Å²) in [6, 6.07) is 4.98. The summed E-state index contributed by atoms with van der Waals surface area (Å²) in [7, 11) is 0. The third kappa shape index (κ3) is 6.29. The van der Waals surface area contributed by atoms with Crippen molar-refractivity contribution in [2.24, 2.45) is 0 Å². The van der Waals surface area contributed by atoms with Crippen molar-refractivity contribution in [1.82, 2.24) is 20.0 Å². The number of carbonyl (C=O) groups excluding carboxylic acids is 2. The quantitative estimate of drug-likeness (QED) is 0.752. The van der Waals surface area contributed by atoms with Crippen LogP contribution in [0.1, 0.15) is 37.3 Å². The minimum Gasteiger partial charge on any atom is -0.333 e. The van der Waals surface area contributed by atoms with E-state index in [1.807, 2.05) is 20.8 Å². The second-order valence-corrected chi connectivity index (χ2v) is 9.95. The SMILES string of the molecule is CC(C)(C)NC(=O)N1CCN(CCN2C(=O)CSC2c2ccc(C(F)(F)F)cc2)CC1. The first-order valence-electron chi connectivity index (χ1n) is 10.3. The standard InChI is InChI=1S/C21H29F3N4O2S/c1-20(2,3)25-19(30)27-11-8-26(9-12-27)10-13-28-17(29)14-31-18(28)15-4-6-16(7-5-15)21(22,23)24/h4-7,18H,8-14H2,1-3H3,(H,25,30). The van der Waals surface area contributed by atoms with Gasteiger partial charge in [0.1, 0.15) is 5.37 Å². The van der Waals surface area contributed by atoms with E-state index in [1.165, 1.54) is 23.9 Å². The van der Waals surface area contributed by atoms with Gasteiger partial charge in [-0.1, -0.05) is 12.1 Å². The molecule has 0 radical (unpaired) electrons. The van der Waals surface area contributed by atoms with Crippen LogP contribution in [0.5, 0.6) is 0 Å². The van der Waals surface area contributed by atoms with Gasteiger partial charge in [-0.15, -0.1) is 11.8 Å². The van der Waals surface area contributed by atoms with Crippen molar-refractivity contribution < 1.29 is 22.8 Å². The van der Waals surface area contributed by atoms with E-state index in [2.05, 4.69) is 10.2 Å². The highest BCUT2D eigenvalue weighted by molar-refractivity contribution is 8.00. The van der Waals surface area contributed by atoms with Crippen LogP contribution in [0.15, 0.2) is 24.3 Å². The van der Waals surface area contributed by atoms with E-state index in [4.69, 9.17) is 0 Å². The van der Waals surface area contributed by atoms with Crippen LogP contribution < -0.4 is 5.32 Å². The first-order valence-corrected chi connectivity index (χ1v) is 11.4. The van der Waals surface area contributed by atoms with Crippen molar-refractivity contribution in [3.63, 3.8) is 0 Å². The molecule has 0 aromatic heterocycles. The molecule has 2 saturated heterocycles. The number of rotatable bonds is 4. The van der Waals surface area contributed by atoms with Gasteiger partial charge in [0.25, 0.3) is 0 Å². The molecule has 0 spiro atoms. The van der Waals surface area contributed by atoms with E-state index < -0.39 is 11.7 Å². The third-order valence-electron chi connectivity index (χ3n) is 5.29. The molecule has 2 aliphatic rings. The summed E-state index contributed by atoms with van der Waals surface area (Å²) >= 11 is 1.44. The molecule has 0 bridgehead atoms. The molecular weight excluding hydrogens is 429 g/mol. The summed E-state index contributed by atoms with van der Waals surface area (Å²) in [5.74, 6) is 0.324. The normalized spacial score (nSPS) is 21.0. The van der Waals surface area contributed by atoms with Gasteiger partial charge in [0.05, 0.1) is 11.3 Å². The Balaban J connectivity index is 1.52. The number of alkyl halides is 3. The number of hydrogen-bond acceptors (Lipinski definition) is 4. The van der Waals surface area contributed by atoms with Gasteiger partial charge in [0, 0.05) is 44.8 Å². The molecule has 1 aromatic rings. The number of nitrogens with one attached hydrogen (secondary N) is 1. The predicted molar refractivity (Wildman–Crippen MR) is 115 cm³/mol. The highest BCUT2D eigenvalue weighted by Gasteiger charge is 2.35. The molecule has 0 saturated carbocycles. The molecule has 2 aliphatic heterocycles. The Morgan fingerprint density at radius 3 is 2.23 bits per heavy atom. The fourth-order valence-corrected chi connectivity index (χ4v) is 4.85. The number of piperazine rings is 1. The molecule has 1 N–H and O–H groups in total. The zero-order valence-electron chi connectivity index (χ0n) is 18.0. The largest absolute Gasteiger partial charge is 0.416 e. The molecular formula is C21H29F3N4O2S. The number of urea groups is 1. The van der Waals surface area contributed by atoms with Gasteiger partial charge in [-0.3, -0.25) is 9.69 Å². The summed E-state index contributed by atoms with van der Waals surface area (Å²) in [4.78, 5) is 30.4. The van der Waals surface area contributed by atoms with Crippen LogP contribution in [0, 0.1) is 0 Å². The van der Waals surface area contributed by atoms with E-state index in [1.54, 1.807) is 9.80 Å². The number of carbonyl (C=O) groups is 2. The minimum atomic E-state index is -4.37. The number of halogens is 3. The van der Waals surface area contributed by atoms with Crippen molar-refractivity contribution in [2.45, 2.75) is 37.9 Å². The molecule has 172 valence electrons. The Morgan fingerprint density at radius 1 is 1.06 bits per heavy atom. The van der Waals surface area contributed by atoms with Crippen LogP contribution in [0.4, 0.5) is 18.0 Å². The number of nitrogens with zero attached hydrogens (tertiary/aromatic N) is 3. The predicted octanol–water partition coefficient (Wildman–Crippen LogP) is 3.41. The van der Waals surface area contributed by atoms with Crippen LogP contribution in [-0.2, 0) is 11.0 Å². The molecule has 2 heterocycles. The van der Waals surface area contributed by atoms with E-state index >= 15 is 0 Å². The molecule has 31 heavy (non-hydrogen) atoms. The molecule has 10 heteroatoms. The topological polar surface area (TPSA) is 55.9 Å². The van der Waals surface area contributed by atoms with Crippen molar-refractivity contribution in [3.05, 3.63) is 35.4 Å². The number of benzene rings is 1. The monoisotopic (exact) mass is 458 g/mol. The van der Waals surface area contributed by atoms with Crippen molar-refractivity contribution in [3.8, 4) is 0 Å². The Hall–Kier alpha value is -1.94. The molecule has 6 nitrogen and oxygen atoms in total. The average molecular weight is 459 g/mol. The summed E-state index contributed by atoms with van der Waals surface area (Å²) in [6.45, 7) is 9.68. The van der Waals surface area contributed by atoms with Gasteiger partial charge in [-0.05, 0) is 38.5 Å². The number of amides is 3. The van der Waals surface area contributed by atoms with Crippen molar-refractivity contribution >= 4 is 23.7 Å². The van der Waals surface area contributed by atoms with Gasteiger partial charge in [0.15, 0.2) is 0 Å². The van der Waals surface area contributed by atoms with Gasteiger partial charge in [-0.25, -0.2) is 4.79 Å². The van der Waals surface area contributed by atoms with E-state index in [0.717, 1.165) is 25.2 Å². The van der Waals surface area contributed by atoms with Gasteiger partial charge < -0.3 is 15.1 Å². The maximum Gasteiger partial charge on any atom is 0.416 e. The smallest absolute Gasteiger partial charge is 0.333 e. The molecule has 3 rings (SSSR count). The Morgan fingerprint density at radius 2 is 1.68 bits per heavy atom. The van der Waals surface area contributed by atoms with Gasteiger partial charge >= 0.3 is 12.2 Å². The fraction of sp³-hybridized carbons (Fsp3) is 0.619. The van der Waals surface area contributed by atoms with Crippen LogP contribution in [0.2, 0.25) is 0 Å². The lowest BCUT2D eigenvalue weighted by Gasteiger charge is -2.37. The zero-order chi connectivity index (χ0) is 22.8. The lowest BCUT2D eigenvalue weighted by molar-refractivity contribution is -0.137. The highest BCUT2D eigenvalue weighted by Crippen LogP contribution is 2.39. The summed E-state index contributed by atoms with van der Waals surface area (Å²) in [5, 5.41) is 2.70. The molecule has 1 unspecified atom stereocenters. The van der Waals surface area contributed by atoms with E-state index in [9.17, 15) is 22.8 Å². The highest BCUT2D eigenvalue weighted by atomic mass is 32.2. The molecule has 3 amide bonds. The molecule has 0 aliphatic carbocycles. The first-order chi connectivity index (χ1) is 14.4. The Bertz CT molecular complexity index is 787. The minimum absolute atomic E-state index is 0.00177. The maximum absolute atomic E-state index is 12.8. The van der Waals surface area contributed by atoms with Crippen LogP contribution in [0.3, 0.4) is 0 Å². The Kier molecular flexibility index (Phi) is 7.10. The maximum atomic E-state index is 12.8. The molecule has 1 aromatic carbocycles. The lowest BCUT2D eigenvalue weighted by atomic mass is 10.1. The van der Waals surface area contributed by atoms with E-state index in [-0.39, 0.29) is 22.9 Å². The second-order valence-electron chi connectivity index (χ2n) is 8.88. The number of hydrogen-bond donors (Lipinski definition) is 1. The van der Waals surface area contributed by atoms with Crippen molar-refractivity contribution in [1.29, 1.82) is 0 Å². The van der Waals surface area contributed by atoms with Gasteiger partial charge in [0.2, 0.25) is 5.91 Å². The van der Waals surface area contributed by atoms with Crippen molar-refractivity contribution in [2.75, 3.05) is 45.0 Å². The van der Waals surface area contributed by atoms with E-state index in [0.29, 0.717) is 37.5 Å². The lowest BCUT2D eigenvalue weighted by Crippen LogP contribution is -2.55. The number of thioether (sulfide) groups is 1. The van der Waals surface area contributed by atoms with Crippen LogP contribution in [-0.4, -0.2) is 77.2 Å². The Labute approximate surface area is 185 Å². The fourth-order valence-electron chi connectivity index (χ4n) is 3.63. The molecule has 2 fully saturated rings. The van der Waals surface area contributed by atoms with Gasteiger partial charge in [-0.2, -0.15) is 13.2 Å². The average Bonchev–Trinajstić information content (AvgIpc) is 3.05. The summed E-state index contributed by atoms with van der Waals surface area (Å²) in [5.41, 5.74) is -0.270. The van der Waals surface area contributed by atoms with Crippen LogP contribution in [0.25, 0.3) is 0 Å². The summed E-state index contributed by atoms with van der Waals surface area (Å²) in [6.07, 6.45) is -4.37. The zero-order valence-corrected chi connectivity index (χ0v) is 18.9. The first kappa shape index (κ1) is 23.7. The third-order valence-corrected chi connectivity index (χ3v) is 6.55. The summed E-state index contributed by atoms with van der Waals surface area (Å²) < 4.78 is 38.5. The van der Waals surface area contributed by atoms with Crippen LogP contribution >= 0.6 is 11.8 Å². The second kappa shape index (κ2) is 9.28. The molecule has 1 atom stereocenters.